The van der Waals surface area contributed by atoms with Crippen LogP contribution in [-0.2, 0) is 9.53 Å². The van der Waals surface area contributed by atoms with Crippen LogP contribution in [0.2, 0.25) is 0 Å². The van der Waals surface area contributed by atoms with Crippen molar-refractivity contribution in [3.8, 4) is 0 Å². The van der Waals surface area contributed by atoms with Crippen molar-refractivity contribution in [3.05, 3.63) is 0 Å². The van der Waals surface area contributed by atoms with E-state index in [-0.39, 0.29) is 12.6 Å². The summed E-state index contributed by atoms with van der Waals surface area (Å²) in [5.41, 5.74) is 0. The molecule has 1 N–H and O–H groups in total. The first-order valence-electron chi connectivity index (χ1n) is 9.18. The zero-order valence-electron chi connectivity index (χ0n) is 14.3. The van der Waals surface area contributed by atoms with Gasteiger partial charge in [-0.05, 0) is 39.2 Å². The Morgan fingerprint density at radius 3 is 2.65 bits per heavy atom. The summed E-state index contributed by atoms with van der Waals surface area (Å²) in [5.74, 6) is 0.324. The molecule has 132 valence electrons. The average molecular weight is 325 g/mol. The molecule has 3 fully saturated rings. The van der Waals surface area contributed by atoms with Crippen LogP contribution in [-0.4, -0.2) is 96.4 Å². The summed E-state index contributed by atoms with van der Waals surface area (Å²) >= 11 is 0. The lowest BCUT2D eigenvalue weighted by Crippen LogP contribution is -2.58. The molecule has 6 nitrogen and oxygen atoms in total. The highest BCUT2D eigenvalue weighted by molar-refractivity contribution is 5.82. The number of carbonyl (C=O) groups is 1. The molecule has 0 spiro atoms. The Morgan fingerprint density at radius 1 is 1.17 bits per heavy atom. The fraction of sp³-hybridized carbons (Fsp3) is 0.941. The van der Waals surface area contributed by atoms with Gasteiger partial charge >= 0.3 is 0 Å². The summed E-state index contributed by atoms with van der Waals surface area (Å²) in [6.07, 6.45) is 4.25. The third-order valence-corrected chi connectivity index (χ3v) is 5.70. The molecule has 0 aliphatic carbocycles. The number of aliphatic hydroxyl groups is 1. The Hall–Kier alpha value is -0.690. The molecule has 3 heterocycles. The van der Waals surface area contributed by atoms with E-state index in [1.54, 1.807) is 0 Å². The van der Waals surface area contributed by atoms with Crippen molar-refractivity contribution in [3.63, 3.8) is 0 Å². The third kappa shape index (κ3) is 3.87. The van der Waals surface area contributed by atoms with Crippen molar-refractivity contribution < 1.29 is 14.6 Å². The van der Waals surface area contributed by atoms with Gasteiger partial charge in [0.1, 0.15) is 0 Å². The van der Waals surface area contributed by atoms with Gasteiger partial charge in [-0.2, -0.15) is 0 Å². The molecular formula is C17H31N3O3. The second kappa shape index (κ2) is 7.92. The van der Waals surface area contributed by atoms with Crippen LogP contribution in [0.3, 0.4) is 0 Å². The number of piperazine rings is 1. The van der Waals surface area contributed by atoms with Crippen LogP contribution in [0, 0.1) is 0 Å². The van der Waals surface area contributed by atoms with Crippen LogP contribution in [0.25, 0.3) is 0 Å². The van der Waals surface area contributed by atoms with Gasteiger partial charge in [-0.1, -0.05) is 0 Å². The average Bonchev–Trinajstić information content (AvgIpc) is 3.06. The lowest BCUT2D eigenvalue weighted by molar-refractivity contribution is -0.140. The van der Waals surface area contributed by atoms with Gasteiger partial charge in [0.2, 0.25) is 5.91 Å². The first-order chi connectivity index (χ1) is 11.2. The third-order valence-electron chi connectivity index (χ3n) is 5.70. The van der Waals surface area contributed by atoms with E-state index >= 15 is 0 Å². The monoisotopic (exact) mass is 325 g/mol. The molecule has 3 saturated heterocycles. The number of carbonyl (C=O) groups excluding carboxylic acids is 1. The van der Waals surface area contributed by atoms with Crippen molar-refractivity contribution in [2.24, 2.45) is 0 Å². The van der Waals surface area contributed by atoms with Crippen molar-refractivity contribution >= 4 is 5.91 Å². The molecule has 1 amide bonds. The van der Waals surface area contributed by atoms with Crippen LogP contribution in [0.5, 0.6) is 0 Å². The van der Waals surface area contributed by atoms with E-state index in [4.69, 9.17) is 9.84 Å². The molecule has 3 aliphatic heterocycles. The number of amides is 1. The minimum Gasteiger partial charge on any atom is -0.395 e. The largest absolute Gasteiger partial charge is 0.395 e. The fourth-order valence-electron chi connectivity index (χ4n) is 4.37. The second-order valence-corrected chi connectivity index (χ2v) is 7.13. The number of ether oxygens (including phenoxy) is 1. The number of nitrogens with zero attached hydrogens (tertiary/aromatic N) is 3. The van der Waals surface area contributed by atoms with E-state index < -0.39 is 0 Å². The molecule has 3 rings (SSSR count). The smallest absolute Gasteiger partial charge is 0.240 e. The van der Waals surface area contributed by atoms with Gasteiger partial charge < -0.3 is 14.7 Å². The van der Waals surface area contributed by atoms with Crippen molar-refractivity contribution in [2.75, 3.05) is 52.5 Å². The molecule has 6 heteroatoms. The maximum atomic E-state index is 13.0. The van der Waals surface area contributed by atoms with Crippen LogP contribution in [0.4, 0.5) is 0 Å². The minimum absolute atomic E-state index is 0.0784. The highest BCUT2D eigenvalue weighted by atomic mass is 16.5. The molecule has 0 aromatic rings. The van der Waals surface area contributed by atoms with E-state index in [1.807, 2.05) is 0 Å². The maximum absolute atomic E-state index is 13.0. The second-order valence-electron chi connectivity index (χ2n) is 7.13. The van der Waals surface area contributed by atoms with Crippen molar-refractivity contribution in [1.29, 1.82) is 0 Å². The molecule has 0 aromatic heterocycles. The van der Waals surface area contributed by atoms with Crippen LogP contribution in [0.1, 0.15) is 32.6 Å². The van der Waals surface area contributed by atoms with Gasteiger partial charge in [0.25, 0.3) is 0 Å². The number of hydrogen-bond donors (Lipinski definition) is 1. The Bertz CT molecular complexity index is 401. The first kappa shape index (κ1) is 17.1. The molecule has 0 radical (unpaired) electrons. The lowest BCUT2D eigenvalue weighted by atomic mass is 10.0. The lowest BCUT2D eigenvalue weighted by Gasteiger charge is -2.42. The maximum Gasteiger partial charge on any atom is 0.240 e. The zero-order valence-corrected chi connectivity index (χ0v) is 14.3. The predicted molar refractivity (Wildman–Crippen MR) is 88.3 cm³/mol. The zero-order chi connectivity index (χ0) is 16.2. The number of hydrogen-bond acceptors (Lipinski definition) is 5. The summed E-state index contributed by atoms with van der Waals surface area (Å²) in [7, 11) is 0. The van der Waals surface area contributed by atoms with Crippen molar-refractivity contribution in [1.82, 2.24) is 14.7 Å². The predicted octanol–water partition coefficient (Wildman–Crippen LogP) is 0.155. The molecule has 0 unspecified atom stereocenters. The number of rotatable bonds is 4. The van der Waals surface area contributed by atoms with Crippen molar-refractivity contribution in [2.45, 2.75) is 50.7 Å². The minimum atomic E-state index is 0.0784. The molecule has 0 bridgehead atoms. The molecule has 0 saturated carbocycles. The summed E-state index contributed by atoms with van der Waals surface area (Å²) in [4.78, 5) is 19.8. The summed E-state index contributed by atoms with van der Waals surface area (Å²) in [6, 6.07) is 0.931. The quantitative estimate of drug-likeness (QED) is 0.798. The van der Waals surface area contributed by atoms with Crippen LogP contribution >= 0.6 is 0 Å². The molecule has 3 aliphatic rings. The van der Waals surface area contributed by atoms with Gasteiger partial charge in [-0.3, -0.25) is 14.6 Å². The van der Waals surface area contributed by atoms with E-state index in [1.165, 1.54) is 0 Å². The Kier molecular flexibility index (Phi) is 5.91. The van der Waals surface area contributed by atoms with Gasteiger partial charge in [-0.25, -0.2) is 0 Å². The van der Waals surface area contributed by atoms with Gasteiger partial charge in [-0.15, -0.1) is 0 Å². The molecular weight excluding hydrogens is 294 g/mol. The number of aliphatic hydroxyl groups excluding tert-OH is 1. The topological polar surface area (TPSA) is 56.2 Å². The number of likely N-dealkylation sites (tertiary alicyclic amines) is 1. The van der Waals surface area contributed by atoms with Gasteiger partial charge in [0, 0.05) is 51.5 Å². The molecule has 2 atom stereocenters. The van der Waals surface area contributed by atoms with E-state index in [2.05, 4.69) is 21.6 Å². The van der Waals surface area contributed by atoms with Gasteiger partial charge in [0.05, 0.1) is 12.6 Å². The van der Waals surface area contributed by atoms with E-state index in [0.29, 0.717) is 24.5 Å². The van der Waals surface area contributed by atoms with Crippen LogP contribution < -0.4 is 0 Å². The van der Waals surface area contributed by atoms with Gasteiger partial charge in [0.15, 0.2) is 0 Å². The standard InChI is InChI=1S/C17H31N3O3/c1-14-13-19(8-7-18(14)9-10-21)17(22)16-3-2-6-20(16)15-4-11-23-12-5-15/h14-16,21H,2-13H2,1H3/t14-,16+/m1/s1. The highest BCUT2D eigenvalue weighted by Gasteiger charge is 2.39. The SMILES string of the molecule is C[C@@H]1CN(C(=O)[C@@H]2CCCN2C2CCOCC2)CCN1CCO. The molecule has 23 heavy (non-hydrogen) atoms. The van der Waals surface area contributed by atoms with Crippen LogP contribution in [0.15, 0.2) is 0 Å². The summed E-state index contributed by atoms with van der Waals surface area (Å²) in [5, 5.41) is 9.12. The van der Waals surface area contributed by atoms with E-state index in [9.17, 15) is 4.79 Å². The Labute approximate surface area is 139 Å². The molecule has 0 aromatic carbocycles. The normalized spacial score (nSPS) is 31.7. The van der Waals surface area contributed by atoms with E-state index in [0.717, 1.165) is 65.1 Å². The summed E-state index contributed by atoms with van der Waals surface area (Å²) in [6.45, 7) is 8.23. The Balaban J connectivity index is 1.58. The number of β-amino-alcohol motifs (C(OH)–C–C–N with tert-alkyl or cyclic N) is 1. The first-order valence-corrected chi connectivity index (χ1v) is 9.18. The fourth-order valence-corrected chi connectivity index (χ4v) is 4.37. The highest BCUT2D eigenvalue weighted by Crippen LogP contribution is 2.27. The summed E-state index contributed by atoms with van der Waals surface area (Å²) < 4.78 is 5.47. The Morgan fingerprint density at radius 2 is 1.96 bits per heavy atom.